The number of likely N-dealkylation sites (tertiary alicyclic amines) is 1. The average molecular weight is 249 g/mol. The third-order valence-corrected chi connectivity index (χ3v) is 3.58. The predicted octanol–water partition coefficient (Wildman–Crippen LogP) is 2.19. The number of halogens is 1. The van der Waals surface area contributed by atoms with E-state index in [9.17, 15) is 4.79 Å². The summed E-state index contributed by atoms with van der Waals surface area (Å²) in [5, 5.41) is 0. The number of piperidine rings is 1. The van der Waals surface area contributed by atoms with Gasteiger partial charge in [0.15, 0.2) is 0 Å². The Kier molecular flexibility index (Phi) is 7.00. The van der Waals surface area contributed by atoms with E-state index < -0.39 is 0 Å². The van der Waals surface area contributed by atoms with Crippen LogP contribution in [0.5, 0.6) is 0 Å². The summed E-state index contributed by atoms with van der Waals surface area (Å²) in [6.45, 7) is 7.00. The smallest absolute Gasteiger partial charge is 0.222 e. The van der Waals surface area contributed by atoms with Gasteiger partial charge in [-0.3, -0.25) is 4.79 Å². The van der Waals surface area contributed by atoms with Gasteiger partial charge in [0.05, 0.1) is 0 Å². The molecule has 1 aliphatic rings. The SMILES string of the molecule is CCC1(C)CCCN(C(=O)CCCN)C1.Cl. The third kappa shape index (κ3) is 4.30. The molecule has 1 fully saturated rings. The van der Waals surface area contributed by atoms with Crippen LogP contribution >= 0.6 is 12.4 Å². The van der Waals surface area contributed by atoms with Crippen LogP contribution in [0.2, 0.25) is 0 Å². The molecule has 1 rings (SSSR count). The standard InChI is InChI=1S/C12H24N2O.ClH/c1-3-12(2)7-5-9-14(10-12)11(15)6-4-8-13;/h3-10,13H2,1-2H3;1H. The number of nitrogens with zero attached hydrogens (tertiary/aromatic N) is 1. The summed E-state index contributed by atoms with van der Waals surface area (Å²) in [5.74, 6) is 0.292. The van der Waals surface area contributed by atoms with E-state index in [1.54, 1.807) is 0 Å². The molecule has 1 unspecified atom stereocenters. The lowest BCUT2D eigenvalue weighted by Gasteiger charge is -2.40. The van der Waals surface area contributed by atoms with Crippen LogP contribution in [0.1, 0.15) is 46.0 Å². The minimum atomic E-state index is 0. The van der Waals surface area contributed by atoms with Crippen LogP contribution in [0.15, 0.2) is 0 Å². The number of hydrogen-bond donors (Lipinski definition) is 1. The van der Waals surface area contributed by atoms with Crippen LogP contribution in [0.4, 0.5) is 0 Å². The molecule has 2 N–H and O–H groups in total. The molecule has 0 aliphatic carbocycles. The molecule has 0 aromatic heterocycles. The van der Waals surface area contributed by atoms with Gasteiger partial charge in [0.1, 0.15) is 0 Å². The molecule has 1 saturated heterocycles. The molecule has 0 bridgehead atoms. The molecule has 1 amide bonds. The Labute approximate surface area is 105 Å². The van der Waals surface area contributed by atoms with Crippen molar-refractivity contribution >= 4 is 18.3 Å². The van der Waals surface area contributed by atoms with Gasteiger partial charge >= 0.3 is 0 Å². The number of carbonyl (C=O) groups is 1. The summed E-state index contributed by atoms with van der Waals surface area (Å²) in [4.78, 5) is 13.9. The van der Waals surface area contributed by atoms with Gasteiger partial charge in [0.2, 0.25) is 5.91 Å². The Balaban J connectivity index is 0.00000225. The summed E-state index contributed by atoms with van der Waals surface area (Å²) >= 11 is 0. The fourth-order valence-electron chi connectivity index (χ4n) is 2.23. The summed E-state index contributed by atoms with van der Waals surface area (Å²) < 4.78 is 0. The molecule has 4 heteroatoms. The van der Waals surface area contributed by atoms with Crippen LogP contribution in [0.25, 0.3) is 0 Å². The van der Waals surface area contributed by atoms with Gasteiger partial charge in [-0.2, -0.15) is 0 Å². The molecule has 1 heterocycles. The summed E-state index contributed by atoms with van der Waals surface area (Å²) in [6, 6.07) is 0. The van der Waals surface area contributed by atoms with Gasteiger partial charge in [0.25, 0.3) is 0 Å². The molecular formula is C12H25ClN2O. The molecule has 0 radical (unpaired) electrons. The van der Waals surface area contributed by atoms with Crippen molar-refractivity contribution in [3.8, 4) is 0 Å². The lowest BCUT2D eigenvalue weighted by molar-refractivity contribution is -0.134. The van der Waals surface area contributed by atoms with Crippen LogP contribution in [0.3, 0.4) is 0 Å². The van der Waals surface area contributed by atoms with Gasteiger partial charge < -0.3 is 10.6 Å². The summed E-state index contributed by atoms with van der Waals surface area (Å²) in [6.07, 6.45) is 5.00. The first-order valence-electron chi connectivity index (χ1n) is 6.09. The Bertz CT molecular complexity index is 223. The van der Waals surface area contributed by atoms with Crippen molar-refractivity contribution in [1.82, 2.24) is 4.90 Å². The maximum absolute atomic E-state index is 11.8. The van der Waals surface area contributed by atoms with Gasteiger partial charge in [-0.15, -0.1) is 12.4 Å². The van der Waals surface area contributed by atoms with E-state index in [4.69, 9.17) is 5.73 Å². The highest BCUT2D eigenvalue weighted by Gasteiger charge is 2.30. The Morgan fingerprint density at radius 1 is 1.50 bits per heavy atom. The van der Waals surface area contributed by atoms with Crippen LogP contribution in [-0.4, -0.2) is 30.4 Å². The zero-order valence-electron chi connectivity index (χ0n) is 10.5. The molecule has 0 spiro atoms. The number of rotatable bonds is 4. The van der Waals surface area contributed by atoms with Crippen molar-refractivity contribution in [3.63, 3.8) is 0 Å². The third-order valence-electron chi connectivity index (χ3n) is 3.58. The second-order valence-electron chi connectivity index (χ2n) is 4.98. The zero-order valence-corrected chi connectivity index (χ0v) is 11.3. The highest BCUT2D eigenvalue weighted by atomic mass is 35.5. The van der Waals surface area contributed by atoms with E-state index in [0.29, 0.717) is 24.3 Å². The number of hydrogen-bond acceptors (Lipinski definition) is 2. The second-order valence-corrected chi connectivity index (χ2v) is 4.98. The number of nitrogens with two attached hydrogens (primary N) is 1. The van der Waals surface area contributed by atoms with Crippen molar-refractivity contribution in [2.45, 2.75) is 46.0 Å². The molecular weight excluding hydrogens is 224 g/mol. The lowest BCUT2D eigenvalue weighted by Crippen LogP contribution is -2.44. The van der Waals surface area contributed by atoms with E-state index in [2.05, 4.69) is 13.8 Å². The van der Waals surface area contributed by atoms with E-state index in [-0.39, 0.29) is 12.4 Å². The molecule has 16 heavy (non-hydrogen) atoms. The molecule has 0 aromatic carbocycles. The fourth-order valence-corrected chi connectivity index (χ4v) is 2.23. The lowest BCUT2D eigenvalue weighted by atomic mass is 9.79. The van der Waals surface area contributed by atoms with Crippen LogP contribution in [-0.2, 0) is 4.79 Å². The molecule has 0 aromatic rings. The fraction of sp³-hybridized carbons (Fsp3) is 0.917. The first-order chi connectivity index (χ1) is 7.11. The van der Waals surface area contributed by atoms with Crippen molar-refractivity contribution in [2.24, 2.45) is 11.1 Å². The monoisotopic (exact) mass is 248 g/mol. The molecule has 1 atom stereocenters. The van der Waals surface area contributed by atoms with Gasteiger partial charge in [-0.1, -0.05) is 13.8 Å². The first-order valence-corrected chi connectivity index (χ1v) is 6.09. The maximum atomic E-state index is 11.8. The van der Waals surface area contributed by atoms with Crippen LogP contribution in [0, 0.1) is 5.41 Å². The number of carbonyl (C=O) groups excluding carboxylic acids is 1. The van der Waals surface area contributed by atoms with Crippen molar-refractivity contribution in [3.05, 3.63) is 0 Å². The zero-order chi connectivity index (χ0) is 11.3. The van der Waals surface area contributed by atoms with E-state index in [1.165, 1.54) is 6.42 Å². The second kappa shape index (κ2) is 7.13. The van der Waals surface area contributed by atoms with Gasteiger partial charge in [-0.05, 0) is 37.6 Å². The predicted molar refractivity (Wildman–Crippen MR) is 69.7 cm³/mol. The van der Waals surface area contributed by atoms with Gasteiger partial charge in [-0.25, -0.2) is 0 Å². The quantitative estimate of drug-likeness (QED) is 0.829. The average Bonchev–Trinajstić information content (AvgIpc) is 2.26. The van der Waals surface area contributed by atoms with Crippen molar-refractivity contribution in [1.29, 1.82) is 0 Å². The normalized spacial score (nSPS) is 25.1. The summed E-state index contributed by atoms with van der Waals surface area (Å²) in [5.41, 5.74) is 5.76. The largest absolute Gasteiger partial charge is 0.342 e. The molecule has 96 valence electrons. The minimum absolute atomic E-state index is 0. The Morgan fingerprint density at radius 3 is 2.75 bits per heavy atom. The highest BCUT2D eigenvalue weighted by Crippen LogP contribution is 2.32. The van der Waals surface area contributed by atoms with Crippen molar-refractivity contribution in [2.75, 3.05) is 19.6 Å². The Morgan fingerprint density at radius 2 is 2.19 bits per heavy atom. The minimum Gasteiger partial charge on any atom is -0.342 e. The van der Waals surface area contributed by atoms with E-state index in [0.717, 1.165) is 32.4 Å². The highest BCUT2D eigenvalue weighted by molar-refractivity contribution is 5.85. The molecule has 0 saturated carbocycles. The molecule has 3 nitrogen and oxygen atoms in total. The maximum Gasteiger partial charge on any atom is 0.222 e. The van der Waals surface area contributed by atoms with Crippen molar-refractivity contribution < 1.29 is 4.79 Å². The topological polar surface area (TPSA) is 46.3 Å². The van der Waals surface area contributed by atoms with E-state index >= 15 is 0 Å². The van der Waals surface area contributed by atoms with Gasteiger partial charge in [0, 0.05) is 19.5 Å². The van der Waals surface area contributed by atoms with E-state index in [1.807, 2.05) is 4.90 Å². The number of amides is 1. The first kappa shape index (κ1) is 15.7. The Hall–Kier alpha value is -0.280. The summed E-state index contributed by atoms with van der Waals surface area (Å²) in [7, 11) is 0. The molecule has 1 aliphatic heterocycles. The van der Waals surface area contributed by atoms with Crippen LogP contribution < -0.4 is 5.73 Å².